The number of aryl methyl sites for hydroxylation is 2. The maximum Gasteiger partial charge on any atom is 0.254 e. The Kier molecular flexibility index (Phi) is 6.37. The molecule has 0 aliphatic carbocycles. The number of amides is 1. The molecule has 1 amide bonds. The number of benzene rings is 1. The third-order valence-electron chi connectivity index (χ3n) is 4.33. The lowest BCUT2D eigenvalue weighted by Gasteiger charge is -2.22. The van der Waals surface area contributed by atoms with Crippen LogP contribution in [-0.2, 0) is 11.3 Å². The van der Waals surface area contributed by atoms with Crippen molar-refractivity contribution in [3.63, 3.8) is 0 Å². The smallest absolute Gasteiger partial charge is 0.254 e. The second kappa shape index (κ2) is 8.93. The van der Waals surface area contributed by atoms with Crippen LogP contribution < -0.4 is 0 Å². The molecule has 27 heavy (non-hydrogen) atoms. The standard InChI is InChI=1S/C22H24N2O2S/c1-16-13-20(14-17(2)23-16)18-6-8-19(9-7-18)22(25)24(10-11-26-3)15-21-5-4-12-27-21/h4-9,12-14H,10-11,15H2,1-3H3. The molecule has 0 saturated carbocycles. The summed E-state index contributed by atoms with van der Waals surface area (Å²) < 4.78 is 5.18. The van der Waals surface area contributed by atoms with Gasteiger partial charge in [0, 0.05) is 35.5 Å². The monoisotopic (exact) mass is 380 g/mol. The third kappa shape index (κ3) is 5.02. The lowest BCUT2D eigenvalue weighted by molar-refractivity contribution is 0.0682. The maximum absolute atomic E-state index is 13.0. The van der Waals surface area contributed by atoms with Crippen LogP contribution in [0.4, 0.5) is 0 Å². The highest BCUT2D eigenvalue weighted by atomic mass is 32.1. The molecule has 2 aromatic heterocycles. The van der Waals surface area contributed by atoms with Crippen molar-refractivity contribution in [1.82, 2.24) is 9.88 Å². The molecule has 3 aromatic rings. The number of methoxy groups -OCH3 is 1. The van der Waals surface area contributed by atoms with Crippen molar-refractivity contribution in [1.29, 1.82) is 0 Å². The van der Waals surface area contributed by atoms with Gasteiger partial charge in [0.15, 0.2) is 0 Å². The first-order valence-electron chi connectivity index (χ1n) is 8.93. The highest BCUT2D eigenvalue weighted by Gasteiger charge is 2.16. The minimum absolute atomic E-state index is 0.0223. The van der Waals surface area contributed by atoms with Gasteiger partial charge in [-0.05, 0) is 60.7 Å². The fourth-order valence-corrected chi connectivity index (χ4v) is 3.75. The van der Waals surface area contributed by atoms with E-state index in [-0.39, 0.29) is 5.91 Å². The minimum Gasteiger partial charge on any atom is -0.383 e. The molecule has 0 spiro atoms. The summed E-state index contributed by atoms with van der Waals surface area (Å²) in [4.78, 5) is 20.4. The quantitative estimate of drug-likeness (QED) is 0.596. The molecular weight excluding hydrogens is 356 g/mol. The fraction of sp³-hybridized carbons (Fsp3) is 0.273. The highest BCUT2D eigenvalue weighted by molar-refractivity contribution is 7.09. The van der Waals surface area contributed by atoms with E-state index < -0.39 is 0 Å². The van der Waals surface area contributed by atoms with Crippen LogP contribution in [0.1, 0.15) is 26.6 Å². The zero-order chi connectivity index (χ0) is 19.2. The molecular formula is C22H24N2O2S. The second-order valence-corrected chi connectivity index (χ2v) is 7.55. The van der Waals surface area contributed by atoms with Crippen molar-refractivity contribution in [3.05, 3.63) is 75.7 Å². The number of carbonyl (C=O) groups excluding carboxylic acids is 1. The molecule has 0 unspecified atom stereocenters. The van der Waals surface area contributed by atoms with Crippen LogP contribution in [0.5, 0.6) is 0 Å². The van der Waals surface area contributed by atoms with Gasteiger partial charge in [-0.15, -0.1) is 11.3 Å². The number of carbonyl (C=O) groups is 1. The Morgan fingerprint density at radius 3 is 2.37 bits per heavy atom. The summed E-state index contributed by atoms with van der Waals surface area (Å²) in [5.74, 6) is 0.0223. The summed E-state index contributed by atoms with van der Waals surface area (Å²) in [7, 11) is 1.65. The highest BCUT2D eigenvalue weighted by Crippen LogP contribution is 2.22. The first kappa shape index (κ1) is 19.3. The van der Waals surface area contributed by atoms with E-state index in [0.717, 1.165) is 22.5 Å². The molecule has 140 valence electrons. The van der Waals surface area contributed by atoms with Gasteiger partial charge in [-0.1, -0.05) is 18.2 Å². The Morgan fingerprint density at radius 2 is 1.78 bits per heavy atom. The molecule has 0 fully saturated rings. The van der Waals surface area contributed by atoms with Crippen LogP contribution in [0.15, 0.2) is 53.9 Å². The topological polar surface area (TPSA) is 42.4 Å². The van der Waals surface area contributed by atoms with Crippen LogP contribution in [0.2, 0.25) is 0 Å². The third-order valence-corrected chi connectivity index (χ3v) is 5.19. The Balaban J connectivity index is 1.79. The van der Waals surface area contributed by atoms with Gasteiger partial charge in [0.2, 0.25) is 0 Å². The van der Waals surface area contributed by atoms with E-state index in [1.165, 1.54) is 4.88 Å². The van der Waals surface area contributed by atoms with Crippen molar-refractivity contribution >= 4 is 17.2 Å². The molecule has 1 aromatic carbocycles. The SMILES string of the molecule is COCCN(Cc1cccs1)C(=O)c1ccc(-c2cc(C)nc(C)c2)cc1. The van der Waals surface area contributed by atoms with Gasteiger partial charge in [-0.2, -0.15) is 0 Å². The largest absolute Gasteiger partial charge is 0.383 e. The summed E-state index contributed by atoms with van der Waals surface area (Å²) in [6.07, 6.45) is 0. The van der Waals surface area contributed by atoms with E-state index in [4.69, 9.17) is 4.74 Å². The zero-order valence-corrected chi connectivity index (χ0v) is 16.8. The Labute approximate surface area is 164 Å². The number of hydrogen-bond acceptors (Lipinski definition) is 4. The van der Waals surface area contributed by atoms with Crippen LogP contribution in [0, 0.1) is 13.8 Å². The number of ether oxygens (including phenoxy) is 1. The van der Waals surface area contributed by atoms with Crippen molar-refractivity contribution in [2.75, 3.05) is 20.3 Å². The lowest BCUT2D eigenvalue weighted by atomic mass is 10.0. The number of thiophene rings is 1. The van der Waals surface area contributed by atoms with Crippen molar-refractivity contribution in [2.24, 2.45) is 0 Å². The molecule has 5 heteroatoms. The maximum atomic E-state index is 13.0. The zero-order valence-electron chi connectivity index (χ0n) is 15.9. The Bertz CT molecular complexity index is 869. The fourth-order valence-electron chi connectivity index (χ4n) is 3.03. The summed E-state index contributed by atoms with van der Waals surface area (Å²) in [5, 5.41) is 2.03. The van der Waals surface area contributed by atoms with Gasteiger partial charge in [0.1, 0.15) is 0 Å². The summed E-state index contributed by atoms with van der Waals surface area (Å²) in [6, 6.07) is 16.0. The molecule has 0 saturated heterocycles. The van der Waals surface area contributed by atoms with E-state index in [1.54, 1.807) is 18.4 Å². The van der Waals surface area contributed by atoms with Gasteiger partial charge in [0.05, 0.1) is 13.2 Å². The predicted molar refractivity (Wildman–Crippen MR) is 110 cm³/mol. The van der Waals surface area contributed by atoms with Crippen molar-refractivity contribution < 1.29 is 9.53 Å². The first-order valence-corrected chi connectivity index (χ1v) is 9.81. The van der Waals surface area contributed by atoms with Crippen molar-refractivity contribution in [3.8, 4) is 11.1 Å². The number of nitrogens with zero attached hydrogens (tertiary/aromatic N) is 2. The number of hydrogen-bond donors (Lipinski definition) is 0. The van der Waals surface area contributed by atoms with Crippen LogP contribution in [0.25, 0.3) is 11.1 Å². The predicted octanol–water partition coefficient (Wildman–Crippen LogP) is 4.72. The van der Waals surface area contributed by atoms with Crippen LogP contribution in [0.3, 0.4) is 0 Å². The van der Waals surface area contributed by atoms with Gasteiger partial charge in [-0.25, -0.2) is 0 Å². The Hall–Kier alpha value is -2.50. The second-order valence-electron chi connectivity index (χ2n) is 6.51. The Morgan fingerprint density at radius 1 is 1.07 bits per heavy atom. The molecule has 4 nitrogen and oxygen atoms in total. The number of rotatable bonds is 7. The molecule has 0 radical (unpaired) electrons. The average molecular weight is 381 g/mol. The molecule has 0 bridgehead atoms. The van der Waals surface area contributed by atoms with Crippen LogP contribution >= 0.6 is 11.3 Å². The van der Waals surface area contributed by atoms with E-state index in [1.807, 2.05) is 54.5 Å². The van der Waals surface area contributed by atoms with Crippen molar-refractivity contribution in [2.45, 2.75) is 20.4 Å². The minimum atomic E-state index is 0.0223. The van der Waals surface area contributed by atoms with E-state index in [9.17, 15) is 4.79 Å². The summed E-state index contributed by atoms with van der Waals surface area (Å²) >= 11 is 1.66. The van der Waals surface area contributed by atoms with Gasteiger partial charge < -0.3 is 9.64 Å². The average Bonchev–Trinajstić information content (AvgIpc) is 3.17. The summed E-state index contributed by atoms with van der Waals surface area (Å²) in [6.45, 7) is 5.67. The molecule has 2 heterocycles. The number of pyridine rings is 1. The number of aromatic nitrogens is 1. The van der Waals surface area contributed by atoms with Gasteiger partial charge in [-0.3, -0.25) is 9.78 Å². The first-order chi connectivity index (χ1) is 13.1. The van der Waals surface area contributed by atoms with Crippen LogP contribution in [-0.4, -0.2) is 36.1 Å². The summed E-state index contributed by atoms with van der Waals surface area (Å²) in [5.41, 5.74) is 4.88. The van der Waals surface area contributed by atoms with Gasteiger partial charge >= 0.3 is 0 Å². The molecule has 0 aliphatic heterocycles. The normalized spacial score (nSPS) is 10.8. The van der Waals surface area contributed by atoms with E-state index in [2.05, 4.69) is 23.2 Å². The molecule has 0 atom stereocenters. The lowest BCUT2D eigenvalue weighted by Crippen LogP contribution is -2.33. The van der Waals surface area contributed by atoms with Gasteiger partial charge in [0.25, 0.3) is 5.91 Å². The molecule has 0 aliphatic rings. The molecule has 0 N–H and O–H groups in total. The van der Waals surface area contributed by atoms with E-state index in [0.29, 0.717) is 25.3 Å². The molecule has 3 rings (SSSR count). The van der Waals surface area contributed by atoms with E-state index >= 15 is 0 Å².